The maximum Gasteiger partial charge on any atom is 0.146 e. The van der Waals surface area contributed by atoms with E-state index in [-0.39, 0.29) is 10.8 Å². The van der Waals surface area contributed by atoms with Crippen LogP contribution in [0.4, 0.5) is 4.39 Å². The number of hydrogen-bond donors (Lipinski definition) is 1. The van der Waals surface area contributed by atoms with Crippen LogP contribution in [-0.2, 0) is 6.54 Å². The summed E-state index contributed by atoms with van der Waals surface area (Å²) in [5.41, 5.74) is 1.13. The van der Waals surface area contributed by atoms with Crippen LogP contribution in [0.2, 0.25) is 5.02 Å². The topological polar surface area (TPSA) is 21.3 Å². The van der Waals surface area contributed by atoms with Crippen molar-refractivity contribution in [3.05, 3.63) is 58.9 Å². The zero-order chi connectivity index (χ0) is 14.4. The SMILES string of the molecule is CCCNCc1cccc(Oc2ccc(F)cc2Cl)c1. The Kier molecular flexibility index (Phi) is 5.39. The molecular formula is C16H17ClFNO. The van der Waals surface area contributed by atoms with Crippen LogP contribution in [0.3, 0.4) is 0 Å². The Morgan fingerprint density at radius 1 is 1.20 bits per heavy atom. The largest absolute Gasteiger partial charge is 0.456 e. The minimum absolute atomic E-state index is 0.263. The van der Waals surface area contributed by atoms with Gasteiger partial charge in [-0.25, -0.2) is 4.39 Å². The highest BCUT2D eigenvalue weighted by Gasteiger charge is 2.05. The number of benzene rings is 2. The molecule has 0 fully saturated rings. The van der Waals surface area contributed by atoms with Crippen molar-refractivity contribution >= 4 is 11.6 Å². The van der Waals surface area contributed by atoms with Crippen LogP contribution in [0.15, 0.2) is 42.5 Å². The molecule has 2 aromatic rings. The van der Waals surface area contributed by atoms with Crippen molar-refractivity contribution in [3.63, 3.8) is 0 Å². The summed E-state index contributed by atoms with van der Waals surface area (Å²) in [4.78, 5) is 0. The first-order chi connectivity index (χ1) is 9.69. The molecule has 106 valence electrons. The molecule has 0 aliphatic carbocycles. The first-order valence-corrected chi connectivity index (χ1v) is 6.99. The molecule has 0 aliphatic heterocycles. The van der Waals surface area contributed by atoms with Crippen molar-refractivity contribution in [2.24, 2.45) is 0 Å². The predicted molar refractivity (Wildman–Crippen MR) is 79.9 cm³/mol. The Labute approximate surface area is 123 Å². The fraction of sp³-hybridized carbons (Fsp3) is 0.250. The number of ether oxygens (including phenoxy) is 1. The van der Waals surface area contributed by atoms with Crippen LogP contribution in [0.25, 0.3) is 0 Å². The number of rotatable bonds is 6. The van der Waals surface area contributed by atoms with E-state index in [4.69, 9.17) is 16.3 Å². The second-order valence-electron chi connectivity index (χ2n) is 4.50. The van der Waals surface area contributed by atoms with E-state index in [2.05, 4.69) is 12.2 Å². The van der Waals surface area contributed by atoms with Crippen LogP contribution in [0.1, 0.15) is 18.9 Å². The van der Waals surface area contributed by atoms with E-state index in [0.717, 1.165) is 25.1 Å². The van der Waals surface area contributed by atoms with Crippen molar-refractivity contribution in [1.29, 1.82) is 0 Å². The highest BCUT2D eigenvalue weighted by atomic mass is 35.5. The van der Waals surface area contributed by atoms with Gasteiger partial charge in [0.2, 0.25) is 0 Å². The number of halogens is 2. The molecule has 0 aromatic heterocycles. The van der Waals surface area contributed by atoms with Gasteiger partial charge in [0, 0.05) is 6.54 Å². The molecule has 1 N–H and O–H groups in total. The summed E-state index contributed by atoms with van der Waals surface area (Å²) in [6.45, 7) is 3.90. The lowest BCUT2D eigenvalue weighted by Crippen LogP contribution is -2.13. The van der Waals surface area contributed by atoms with E-state index >= 15 is 0 Å². The lowest BCUT2D eigenvalue weighted by molar-refractivity contribution is 0.479. The highest BCUT2D eigenvalue weighted by molar-refractivity contribution is 6.32. The number of nitrogens with one attached hydrogen (secondary N) is 1. The van der Waals surface area contributed by atoms with E-state index in [1.165, 1.54) is 18.2 Å². The molecule has 20 heavy (non-hydrogen) atoms. The van der Waals surface area contributed by atoms with Gasteiger partial charge < -0.3 is 10.1 Å². The molecule has 0 amide bonds. The van der Waals surface area contributed by atoms with Crippen LogP contribution in [0, 0.1) is 5.82 Å². The molecule has 0 atom stereocenters. The van der Waals surface area contributed by atoms with Gasteiger partial charge in [0.1, 0.15) is 17.3 Å². The highest BCUT2D eigenvalue weighted by Crippen LogP contribution is 2.30. The summed E-state index contributed by atoms with van der Waals surface area (Å²) in [6.07, 6.45) is 1.10. The van der Waals surface area contributed by atoms with Gasteiger partial charge in [-0.2, -0.15) is 0 Å². The maximum absolute atomic E-state index is 13.0. The fourth-order valence-electron chi connectivity index (χ4n) is 1.81. The molecule has 0 heterocycles. The van der Waals surface area contributed by atoms with Crippen LogP contribution < -0.4 is 10.1 Å². The maximum atomic E-state index is 13.0. The average molecular weight is 294 g/mol. The Hall–Kier alpha value is -1.58. The normalized spacial score (nSPS) is 10.6. The van der Waals surface area contributed by atoms with E-state index in [0.29, 0.717) is 11.5 Å². The molecule has 4 heteroatoms. The van der Waals surface area contributed by atoms with E-state index in [1.54, 1.807) is 0 Å². The molecule has 2 nitrogen and oxygen atoms in total. The molecule has 2 aromatic carbocycles. The van der Waals surface area contributed by atoms with Gasteiger partial charge in [0.15, 0.2) is 0 Å². The lowest BCUT2D eigenvalue weighted by atomic mass is 10.2. The summed E-state index contributed by atoms with van der Waals surface area (Å²) in [5, 5.41) is 3.59. The molecule has 0 aliphatic rings. The summed E-state index contributed by atoms with van der Waals surface area (Å²) >= 11 is 5.94. The molecule has 0 saturated carbocycles. The van der Waals surface area contributed by atoms with Gasteiger partial charge in [-0.05, 0) is 48.9 Å². The number of hydrogen-bond acceptors (Lipinski definition) is 2. The summed E-state index contributed by atoms with van der Waals surface area (Å²) in [6, 6.07) is 11.8. The molecule has 0 bridgehead atoms. The Morgan fingerprint density at radius 3 is 2.80 bits per heavy atom. The minimum atomic E-state index is -0.375. The summed E-state index contributed by atoms with van der Waals surface area (Å²) < 4.78 is 18.7. The zero-order valence-corrected chi connectivity index (χ0v) is 12.1. The molecule has 0 radical (unpaired) electrons. The first kappa shape index (κ1) is 14.8. The van der Waals surface area contributed by atoms with Gasteiger partial charge in [-0.1, -0.05) is 30.7 Å². The monoisotopic (exact) mass is 293 g/mol. The van der Waals surface area contributed by atoms with Crippen molar-refractivity contribution in [3.8, 4) is 11.5 Å². The first-order valence-electron chi connectivity index (χ1n) is 6.61. The van der Waals surface area contributed by atoms with Gasteiger partial charge in [0.25, 0.3) is 0 Å². The summed E-state index contributed by atoms with van der Waals surface area (Å²) in [7, 11) is 0. The Balaban J connectivity index is 2.07. The van der Waals surface area contributed by atoms with Gasteiger partial charge in [-0.15, -0.1) is 0 Å². The molecule has 2 rings (SSSR count). The van der Waals surface area contributed by atoms with E-state index in [1.807, 2.05) is 24.3 Å². The second-order valence-corrected chi connectivity index (χ2v) is 4.91. The van der Waals surface area contributed by atoms with E-state index in [9.17, 15) is 4.39 Å². The fourth-order valence-corrected chi connectivity index (χ4v) is 2.02. The predicted octanol–water partition coefficient (Wildman–Crippen LogP) is 4.77. The van der Waals surface area contributed by atoms with Crippen LogP contribution in [0.5, 0.6) is 11.5 Å². The third-order valence-corrected chi connectivity index (χ3v) is 3.07. The van der Waals surface area contributed by atoms with Crippen molar-refractivity contribution in [1.82, 2.24) is 5.32 Å². The van der Waals surface area contributed by atoms with Crippen molar-refractivity contribution < 1.29 is 9.13 Å². The molecule has 0 saturated heterocycles. The lowest BCUT2D eigenvalue weighted by Gasteiger charge is -2.09. The minimum Gasteiger partial charge on any atom is -0.456 e. The Morgan fingerprint density at radius 2 is 2.05 bits per heavy atom. The molecular weight excluding hydrogens is 277 g/mol. The molecule has 0 unspecified atom stereocenters. The van der Waals surface area contributed by atoms with Gasteiger partial charge >= 0.3 is 0 Å². The van der Waals surface area contributed by atoms with Crippen LogP contribution >= 0.6 is 11.6 Å². The summed E-state index contributed by atoms with van der Waals surface area (Å²) in [5.74, 6) is 0.765. The molecule has 0 spiro atoms. The van der Waals surface area contributed by atoms with E-state index < -0.39 is 0 Å². The quantitative estimate of drug-likeness (QED) is 0.775. The van der Waals surface area contributed by atoms with Gasteiger partial charge in [-0.3, -0.25) is 0 Å². The van der Waals surface area contributed by atoms with Crippen molar-refractivity contribution in [2.75, 3.05) is 6.54 Å². The Bertz CT molecular complexity index is 574. The van der Waals surface area contributed by atoms with Crippen LogP contribution in [-0.4, -0.2) is 6.54 Å². The second kappa shape index (κ2) is 7.27. The zero-order valence-electron chi connectivity index (χ0n) is 11.3. The average Bonchev–Trinajstić information content (AvgIpc) is 2.43. The third kappa shape index (κ3) is 4.22. The third-order valence-electron chi connectivity index (χ3n) is 2.78. The smallest absolute Gasteiger partial charge is 0.146 e. The van der Waals surface area contributed by atoms with Crippen molar-refractivity contribution in [2.45, 2.75) is 19.9 Å². The standard InChI is InChI=1S/C16H17ClFNO/c1-2-8-19-11-12-4-3-5-14(9-12)20-16-7-6-13(18)10-15(16)17/h3-7,9-10,19H,2,8,11H2,1H3. The van der Waals surface area contributed by atoms with Gasteiger partial charge in [0.05, 0.1) is 5.02 Å².